The van der Waals surface area contributed by atoms with Gasteiger partial charge in [-0.15, -0.1) is 0 Å². The predicted octanol–water partition coefficient (Wildman–Crippen LogP) is 1.94. The van der Waals surface area contributed by atoms with Gasteiger partial charge in [0.1, 0.15) is 5.25 Å². The first-order chi connectivity index (χ1) is 9.99. The van der Waals surface area contributed by atoms with Crippen LogP contribution in [-0.2, 0) is 15.6 Å². The molecule has 21 heavy (non-hydrogen) atoms. The quantitative estimate of drug-likeness (QED) is 0.870. The van der Waals surface area contributed by atoms with Crippen molar-refractivity contribution >= 4 is 22.7 Å². The van der Waals surface area contributed by atoms with Crippen molar-refractivity contribution in [2.24, 2.45) is 0 Å². The number of carbonyl (C=O) groups excluding carboxylic acids is 1. The summed E-state index contributed by atoms with van der Waals surface area (Å²) in [6.07, 6.45) is 4.17. The van der Waals surface area contributed by atoms with E-state index in [2.05, 4.69) is 5.32 Å². The van der Waals surface area contributed by atoms with Crippen molar-refractivity contribution < 1.29 is 18.9 Å². The first-order valence-electron chi connectivity index (χ1n) is 7.03. The average Bonchev–Trinajstić information content (AvgIpc) is 2.98. The summed E-state index contributed by atoms with van der Waals surface area (Å²) in [5.74, 6) is -1.31. The molecule has 0 saturated heterocycles. The van der Waals surface area contributed by atoms with Crippen molar-refractivity contribution in [2.75, 3.05) is 0 Å². The maximum absolute atomic E-state index is 12.4. The number of carboxylic acid groups (broad SMARTS) is 1. The Kier molecular flexibility index (Phi) is 5.12. The van der Waals surface area contributed by atoms with E-state index in [0.717, 1.165) is 25.7 Å². The van der Waals surface area contributed by atoms with Crippen LogP contribution in [0.5, 0.6) is 0 Å². The fraction of sp³-hybridized carbons (Fsp3) is 0.467. The summed E-state index contributed by atoms with van der Waals surface area (Å²) in [6, 6.07) is 6.10. The Morgan fingerprint density at radius 2 is 2.00 bits per heavy atom. The summed E-state index contributed by atoms with van der Waals surface area (Å²) >= 11 is 0. The molecule has 0 spiro atoms. The van der Waals surface area contributed by atoms with E-state index >= 15 is 0 Å². The molecule has 1 fully saturated rings. The molecule has 5 nitrogen and oxygen atoms in total. The van der Waals surface area contributed by atoms with Gasteiger partial charge in [-0.1, -0.05) is 18.9 Å². The fourth-order valence-electron chi connectivity index (χ4n) is 2.44. The van der Waals surface area contributed by atoms with Crippen LogP contribution in [0, 0.1) is 0 Å². The monoisotopic (exact) mass is 309 g/mol. The highest BCUT2D eigenvalue weighted by Gasteiger charge is 2.25. The third kappa shape index (κ3) is 3.91. The SMILES string of the molecule is CC(C(=O)NC1CCCC1)S(=O)c1cccc(C(=O)O)c1. The highest BCUT2D eigenvalue weighted by Crippen LogP contribution is 2.19. The zero-order chi connectivity index (χ0) is 15.4. The number of benzene rings is 1. The highest BCUT2D eigenvalue weighted by molar-refractivity contribution is 7.86. The second-order valence-corrected chi connectivity index (χ2v) is 7.04. The molecule has 2 unspecified atom stereocenters. The summed E-state index contributed by atoms with van der Waals surface area (Å²) < 4.78 is 12.4. The van der Waals surface area contributed by atoms with Crippen LogP contribution in [0.3, 0.4) is 0 Å². The molecule has 1 aromatic rings. The van der Waals surface area contributed by atoms with Gasteiger partial charge in [0.15, 0.2) is 0 Å². The van der Waals surface area contributed by atoms with Gasteiger partial charge in [-0.05, 0) is 38.0 Å². The molecule has 0 heterocycles. The number of nitrogens with one attached hydrogen (secondary N) is 1. The van der Waals surface area contributed by atoms with Gasteiger partial charge < -0.3 is 10.4 Å². The van der Waals surface area contributed by atoms with Gasteiger partial charge in [-0.2, -0.15) is 0 Å². The van der Waals surface area contributed by atoms with Gasteiger partial charge in [0, 0.05) is 10.9 Å². The first kappa shape index (κ1) is 15.7. The molecule has 1 aliphatic carbocycles. The number of rotatable bonds is 5. The minimum Gasteiger partial charge on any atom is -0.478 e. The number of amides is 1. The first-order valence-corrected chi connectivity index (χ1v) is 8.24. The van der Waals surface area contributed by atoms with Crippen LogP contribution in [0.4, 0.5) is 0 Å². The zero-order valence-corrected chi connectivity index (χ0v) is 12.7. The summed E-state index contributed by atoms with van der Waals surface area (Å²) in [7, 11) is -1.56. The minimum absolute atomic E-state index is 0.0734. The van der Waals surface area contributed by atoms with E-state index in [0.29, 0.717) is 4.90 Å². The van der Waals surface area contributed by atoms with Crippen molar-refractivity contribution in [2.45, 2.75) is 48.8 Å². The van der Waals surface area contributed by atoms with Crippen molar-refractivity contribution in [3.8, 4) is 0 Å². The molecular formula is C15H19NO4S. The van der Waals surface area contributed by atoms with Crippen LogP contribution >= 0.6 is 0 Å². The number of hydrogen-bond donors (Lipinski definition) is 2. The molecule has 1 amide bonds. The maximum Gasteiger partial charge on any atom is 0.335 e. The van der Waals surface area contributed by atoms with Gasteiger partial charge in [-0.3, -0.25) is 9.00 Å². The van der Waals surface area contributed by atoms with E-state index < -0.39 is 22.0 Å². The molecule has 1 saturated carbocycles. The largest absolute Gasteiger partial charge is 0.478 e. The molecule has 2 atom stereocenters. The molecule has 0 aliphatic heterocycles. The van der Waals surface area contributed by atoms with Crippen LogP contribution in [0.15, 0.2) is 29.2 Å². The van der Waals surface area contributed by atoms with Gasteiger partial charge in [0.25, 0.3) is 0 Å². The van der Waals surface area contributed by atoms with E-state index in [1.807, 2.05) is 0 Å². The third-order valence-corrected chi connectivity index (χ3v) is 5.28. The predicted molar refractivity (Wildman–Crippen MR) is 79.7 cm³/mol. The lowest BCUT2D eigenvalue weighted by Gasteiger charge is -2.16. The molecule has 2 N–H and O–H groups in total. The van der Waals surface area contributed by atoms with Crippen LogP contribution < -0.4 is 5.32 Å². The molecule has 2 rings (SSSR count). The van der Waals surface area contributed by atoms with Crippen molar-refractivity contribution in [1.29, 1.82) is 0 Å². The van der Waals surface area contributed by atoms with Crippen LogP contribution in [-0.4, -0.2) is 32.5 Å². The summed E-state index contributed by atoms with van der Waals surface area (Å²) in [5.41, 5.74) is 0.0734. The van der Waals surface area contributed by atoms with E-state index in [9.17, 15) is 13.8 Å². The molecule has 0 radical (unpaired) electrons. The van der Waals surface area contributed by atoms with Crippen LogP contribution in [0.1, 0.15) is 43.0 Å². The number of carbonyl (C=O) groups is 2. The van der Waals surface area contributed by atoms with Crippen LogP contribution in [0.25, 0.3) is 0 Å². The smallest absolute Gasteiger partial charge is 0.335 e. The molecule has 0 bridgehead atoms. The Balaban J connectivity index is 2.05. The minimum atomic E-state index is -1.56. The lowest BCUT2D eigenvalue weighted by atomic mass is 10.2. The van der Waals surface area contributed by atoms with E-state index in [1.54, 1.807) is 13.0 Å². The number of hydrogen-bond acceptors (Lipinski definition) is 3. The second-order valence-electron chi connectivity index (χ2n) is 5.26. The van der Waals surface area contributed by atoms with Gasteiger partial charge in [-0.25, -0.2) is 4.79 Å². The van der Waals surface area contributed by atoms with E-state index in [4.69, 9.17) is 5.11 Å². The van der Waals surface area contributed by atoms with Crippen LogP contribution in [0.2, 0.25) is 0 Å². The van der Waals surface area contributed by atoms with E-state index in [-0.39, 0.29) is 17.5 Å². The Hall–Kier alpha value is -1.69. The molecule has 1 aromatic carbocycles. The Morgan fingerprint density at radius 3 is 2.62 bits per heavy atom. The Bertz CT molecular complexity index is 567. The number of aromatic carboxylic acids is 1. The molecule has 1 aliphatic rings. The number of carboxylic acids is 1. The lowest BCUT2D eigenvalue weighted by molar-refractivity contribution is -0.121. The average molecular weight is 309 g/mol. The summed E-state index contributed by atoms with van der Waals surface area (Å²) in [4.78, 5) is 23.4. The van der Waals surface area contributed by atoms with Gasteiger partial charge in [0.05, 0.1) is 16.4 Å². The van der Waals surface area contributed by atoms with Gasteiger partial charge in [0.2, 0.25) is 5.91 Å². The van der Waals surface area contributed by atoms with Gasteiger partial charge >= 0.3 is 5.97 Å². The molecule has 6 heteroatoms. The highest BCUT2D eigenvalue weighted by atomic mass is 32.2. The Labute approximate surface area is 126 Å². The van der Waals surface area contributed by atoms with Crippen molar-refractivity contribution in [3.05, 3.63) is 29.8 Å². The van der Waals surface area contributed by atoms with Crippen molar-refractivity contribution in [1.82, 2.24) is 5.32 Å². The summed E-state index contributed by atoms with van der Waals surface area (Å²) in [5, 5.41) is 11.2. The third-order valence-electron chi connectivity index (χ3n) is 3.71. The summed E-state index contributed by atoms with van der Waals surface area (Å²) in [6.45, 7) is 1.60. The fourth-order valence-corrected chi connectivity index (χ4v) is 3.57. The second kappa shape index (κ2) is 6.85. The zero-order valence-electron chi connectivity index (χ0n) is 11.9. The Morgan fingerprint density at radius 1 is 1.33 bits per heavy atom. The van der Waals surface area contributed by atoms with E-state index in [1.165, 1.54) is 18.2 Å². The van der Waals surface area contributed by atoms with Crippen molar-refractivity contribution in [3.63, 3.8) is 0 Å². The molecule has 114 valence electrons. The normalized spacial score (nSPS) is 18.1. The molecular weight excluding hydrogens is 290 g/mol. The molecule has 0 aromatic heterocycles. The maximum atomic E-state index is 12.4. The standard InChI is InChI=1S/C15H19NO4S/c1-10(14(17)16-12-6-2-3-7-12)21(20)13-8-4-5-11(9-13)15(18)19/h4-5,8-10,12H,2-3,6-7H2,1H3,(H,16,17)(H,18,19). The topological polar surface area (TPSA) is 83.5 Å². The lowest BCUT2D eigenvalue weighted by Crippen LogP contribution is -2.40.